The van der Waals surface area contributed by atoms with E-state index >= 15 is 0 Å². The first-order valence-corrected chi connectivity index (χ1v) is 14.7. The van der Waals surface area contributed by atoms with E-state index in [1.807, 2.05) is 68.6 Å². The Morgan fingerprint density at radius 3 is 2.02 bits per heavy atom. The molecule has 0 spiro atoms. The Kier molecular flexibility index (Phi) is 8.79. The van der Waals surface area contributed by atoms with Crippen LogP contribution in [-0.4, -0.2) is 35.9 Å². The lowest BCUT2D eigenvalue weighted by Crippen LogP contribution is -2.06. The molecule has 0 saturated heterocycles. The maximum Gasteiger partial charge on any atom is 0.341 e. The molecule has 0 atom stereocenters. The molecule has 2 aromatic heterocycles. The van der Waals surface area contributed by atoms with E-state index in [4.69, 9.17) is 14.5 Å². The number of esters is 2. The summed E-state index contributed by atoms with van der Waals surface area (Å²) >= 11 is 1.48. The Morgan fingerprint density at radius 2 is 1.40 bits per heavy atom. The van der Waals surface area contributed by atoms with Crippen molar-refractivity contribution in [3.63, 3.8) is 0 Å². The van der Waals surface area contributed by atoms with Gasteiger partial charge in [0.25, 0.3) is 0 Å². The number of hydrogen-bond acceptors (Lipinski definition) is 6. The predicted octanol–water partition coefficient (Wildman–Crippen LogP) is 8.59. The molecule has 0 saturated carbocycles. The van der Waals surface area contributed by atoms with Crippen LogP contribution in [-0.2, 0) is 9.47 Å². The number of aliphatic imine (C=N–C) groups is 1. The van der Waals surface area contributed by atoms with Crippen molar-refractivity contribution in [3.05, 3.63) is 118 Å². The highest BCUT2D eigenvalue weighted by Gasteiger charge is 2.22. The van der Waals surface area contributed by atoms with Gasteiger partial charge in [-0.15, -0.1) is 11.3 Å². The number of nitrogens with zero attached hydrogens (tertiary/aromatic N) is 2. The van der Waals surface area contributed by atoms with Crippen LogP contribution in [0, 0.1) is 13.8 Å². The molecule has 0 aliphatic heterocycles. The molecule has 0 amide bonds. The molecule has 0 fully saturated rings. The number of thiophene rings is 1. The molecule has 6 nitrogen and oxygen atoms in total. The lowest BCUT2D eigenvalue weighted by Gasteiger charge is -2.15. The first kappa shape index (κ1) is 28.8. The van der Waals surface area contributed by atoms with Gasteiger partial charge in [0.1, 0.15) is 5.00 Å². The summed E-state index contributed by atoms with van der Waals surface area (Å²) in [4.78, 5) is 31.1. The number of rotatable bonds is 9. The van der Waals surface area contributed by atoms with E-state index < -0.39 is 0 Å². The van der Waals surface area contributed by atoms with E-state index in [0.717, 1.165) is 44.2 Å². The molecule has 2 heterocycles. The zero-order valence-corrected chi connectivity index (χ0v) is 24.9. The van der Waals surface area contributed by atoms with Gasteiger partial charge in [-0.3, -0.25) is 0 Å². The first-order valence-electron chi connectivity index (χ1n) is 13.9. The molecule has 5 aromatic rings. The van der Waals surface area contributed by atoms with Crippen molar-refractivity contribution < 1.29 is 19.1 Å². The molecule has 0 aliphatic carbocycles. The van der Waals surface area contributed by atoms with E-state index in [0.29, 0.717) is 29.3 Å². The average Bonchev–Trinajstić information content (AvgIpc) is 3.54. The molecule has 5 rings (SSSR count). The second-order valence-corrected chi connectivity index (χ2v) is 10.8. The quantitative estimate of drug-likeness (QED) is 0.130. The SMILES string of the molecule is CCOC(=O)c1ccc(-n2c(-c3ccccc3)cc(C=Nc3sc(C)c(C)c3C(=O)OCC)c2-c2ccccc2)cc1. The summed E-state index contributed by atoms with van der Waals surface area (Å²) in [5.41, 5.74) is 7.58. The molecule has 7 heteroatoms. The predicted molar refractivity (Wildman–Crippen MR) is 170 cm³/mol. The Labute approximate surface area is 249 Å². The summed E-state index contributed by atoms with van der Waals surface area (Å²) in [6.07, 6.45) is 1.83. The molecule has 42 heavy (non-hydrogen) atoms. The van der Waals surface area contributed by atoms with Crippen LogP contribution in [0.4, 0.5) is 5.00 Å². The number of aromatic nitrogens is 1. The van der Waals surface area contributed by atoms with Crippen LogP contribution in [0.3, 0.4) is 0 Å². The Bertz CT molecular complexity index is 1730. The standard InChI is InChI=1S/C35H32N2O4S/c1-5-40-34(38)27-17-19-29(20-18-27)37-30(25-13-9-7-10-14-25)21-28(32(37)26-15-11-8-12-16-26)22-36-33-31(35(39)41-6-2)23(3)24(4)42-33/h7-22H,5-6H2,1-4H3. The van der Waals surface area contributed by atoms with E-state index in [9.17, 15) is 9.59 Å². The second kappa shape index (κ2) is 12.8. The average molecular weight is 577 g/mol. The van der Waals surface area contributed by atoms with E-state index in [1.165, 1.54) is 11.3 Å². The largest absolute Gasteiger partial charge is 0.462 e. The van der Waals surface area contributed by atoms with Crippen molar-refractivity contribution in [3.8, 4) is 28.2 Å². The number of aryl methyl sites for hydroxylation is 1. The highest BCUT2D eigenvalue weighted by Crippen LogP contribution is 2.38. The molecule has 3 aromatic carbocycles. The molecule has 0 radical (unpaired) electrons. The van der Waals surface area contributed by atoms with Gasteiger partial charge in [0, 0.05) is 22.3 Å². The molecule has 0 bridgehead atoms. The lowest BCUT2D eigenvalue weighted by atomic mass is 10.1. The number of carbonyl (C=O) groups excluding carboxylic acids is 2. The van der Waals surface area contributed by atoms with Crippen LogP contribution in [0.1, 0.15) is 50.6 Å². The summed E-state index contributed by atoms with van der Waals surface area (Å²) in [6, 6.07) is 29.8. The van der Waals surface area contributed by atoms with Crippen molar-refractivity contribution in [2.24, 2.45) is 4.99 Å². The minimum Gasteiger partial charge on any atom is -0.462 e. The molecular formula is C35H32N2O4S. The van der Waals surface area contributed by atoms with Crippen molar-refractivity contribution in [1.29, 1.82) is 0 Å². The van der Waals surface area contributed by atoms with Crippen molar-refractivity contribution >= 4 is 34.5 Å². The molecule has 0 aliphatic rings. The third kappa shape index (κ3) is 5.83. The summed E-state index contributed by atoms with van der Waals surface area (Å²) in [5, 5.41) is 0.621. The van der Waals surface area contributed by atoms with Gasteiger partial charge in [0.05, 0.1) is 35.7 Å². The topological polar surface area (TPSA) is 69.9 Å². The van der Waals surface area contributed by atoms with Crippen LogP contribution in [0.5, 0.6) is 0 Å². The summed E-state index contributed by atoms with van der Waals surface area (Å²) < 4.78 is 12.7. The van der Waals surface area contributed by atoms with Gasteiger partial charge in [0.2, 0.25) is 0 Å². The van der Waals surface area contributed by atoms with E-state index in [2.05, 4.69) is 34.9 Å². The first-order chi connectivity index (χ1) is 20.4. The van der Waals surface area contributed by atoms with Crippen LogP contribution in [0.25, 0.3) is 28.2 Å². The van der Waals surface area contributed by atoms with Crippen molar-refractivity contribution in [2.75, 3.05) is 13.2 Å². The zero-order valence-electron chi connectivity index (χ0n) is 24.1. The third-order valence-corrected chi connectivity index (χ3v) is 8.07. The summed E-state index contributed by atoms with van der Waals surface area (Å²) in [6.45, 7) is 8.12. The van der Waals surface area contributed by atoms with Gasteiger partial charge in [-0.05, 0) is 74.7 Å². The van der Waals surface area contributed by atoms with Gasteiger partial charge in [-0.25, -0.2) is 14.6 Å². The molecule has 212 valence electrons. The second-order valence-electron chi connectivity index (χ2n) is 9.61. The Hall–Kier alpha value is -4.75. The van der Waals surface area contributed by atoms with Crippen LogP contribution < -0.4 is 0 Å². The molecule has 0 N–H and O–H groups in total. The maximum atomic E-state index is 12.8. The Balaban J connectivity index is 1.72. The number of ether oxygens (including phenoxy) is 2. The van der Waals surface area contributed by atoms with Crippen molar-refractivity contribution in [2.45, 2.75) is 27.7 Å². The fourth-order valence-corrected chi connectivity index (χ4v) is 5.83. The van der Waals surface area contributed by atoms with Gasteiger partial charge >= 0.3 is 11.9 Å². The maximum absolute atomic E-state index is 12.8. The normalized spacial score (nSPS) is 11.1. The highest BCUT2D eigenvalue weighted by molar-refractivity contribution is 7.16. The van der Waals surface area contributed by atoms with Crippen LogP contribution >= 0.6 is 11.3 Å². The van der Waals surface area contributed by atoms with Gasteiger partial charge in [-0.1, -0.05) is 60.7 Å². The Morgan fingerprint density at radius 1 is 0.810 bits per heavy atom. The monoisotopic (exact) mass is 576 g/mol. The minimum atomic E-state index is -0.362. The van der Waals surface area contributed by atoms with Crippen molar-refractivity contribution in [1.82, 2.24) is 4.57 Å². The fraction of sp³-hybridized carbons (Fsp3) is 0.171. The number of hydrogen-bond donors (Lipinski definition) is 0. The third-order valence-electron chi connectivity index (χ3n) is 6.95. The smallest absolute Gasteiger partial charge is 0.341 e. The number of carbonyl (C=O) groups is 2. The van der Waals surface area contributed by atoms with Gasteiger partial charge in [0.15, 0.2) is 0 Å². The number of benzene rings is 3. The molecular weight excluding hydrogens is 544 g/mol. The summed E-state index contributed by atoms with van der Waals surface area (Å²) in [7, 11) is 0. The highest BCUT2D eigenvalue weighted by atomic mass is 32.1. The fourth-order valence-electron chi connectivity index (χ4n) is 4.84. The van der Waals surface area contributed by atoms with Gasteiger partial charge in [-0.2, -0.15) is 0 Å². The van der Waals surface area contributed by atoms with Crippen LogP contribution in [0.15, 0.2) is 96.0 Å². The van der Waals surface area contributed by atoms with Gasteiger partial charge < -0.3 is 14.0 Å². The van der Waals surface area contributed by atoms with E-state index in [1.54, 1.807) is 26.0 Å². The molecule has 0 unspecified atom stereocenters. The van der Waals surface area contributed by atoms with E-state index in [-0.39, 0.29) is 11.9 Å². The summed E-state index contributed by atoms with van der Waals surface area (Å²) in [5.74, 6) is -0.714. The zero-order chi connectivity index (χ0) is 29.6. The minimum absolute atomic E-state index is 0.298. The van der Waals surface area contributed by atoms with Crippen LogP contribution in [0.2, 0.25) is 0 Å². The lowest BCUT2D eigenvalue weighted by molar-refractivity contribution is 0.0517.